The number of aromatic nitrogens is 3. The zero-order valence-corrected chi connectivity index (χ0v) is 25.6. The maximum atomic E-state index is 15.1. The summed E-state index contributed by atoms with van der Waals surface area (Å²) in [5.74, 6) is 1.13. The number of carbonyl (C=O) groups is 1. The van der Waals surface area contributed by atoms with Crippen LogP contribution < -0.4 is 15.0 Å². The standard InChI is InChI=1S/C32H32F4N6O2S/c1-20(2)26-6-4-5-7-28(26)42-21(3)16-17-45-31(42)39-30(43)37-18-27(33)22-8-10-23(11-9-22)29-38-19-41(40-29)24-12-14-25(15-13-24)44-32(34,35)36/h4-15,19-21,27H,16-18H2,1-3H3,(H,37,43)/b39-31-. The highest BCUT2D eigenvalue weighted by molar-refractivity contribution is 8.14. The molecule has 8 nitrogen and oxygen atoms in total. The van der Waals surface area contributed by atoms with Crippen LogP contribution in [0.5, 0.6) is 5.75 Å². The topological polar surface area (TPSA) is 84.6 Å². The van der Waals surface area contributed by atoms with E-state index in [4.69, 9.17) is 0 Å². The maximum absolute atomic E-state index is 15.1. The van der Waals surface area contributed by atoms with Crippen LogP contribution in [0.15, 0.2) is 84.1 Å². The second kappa shape index (κ2) is 13.7. The fourth-order valence-electron chi connectivity index (χ4n) is 4.91. The van der Waals surface area contributed by atoms with E-state index in [1.807, 2.05) is 18.2 Å². The first-order valence-electron chi connectivity index (χ1n) is 14.4. The smallest absolute Gasteiger partial charge is 0.406 e. The molecule has 0 bridgehead atoms. The van der Waals surface area contributed by atoms with E-state index in [1.54, 1.807) is 24.3 Å². The van der Waals surface area contributed by atoms with E-state index in [-0.39, 0.29) is 18.3 Å². The average molecular weight is 641 g/mol. The van der Waals surface area contributed by atoms with E-state index in [0.29, 0.717) is 33.7 Å². The molecule has 4 aromatic rings. The van der Waals surface area contributed by atoms with Gasteiger partial charge in [0.25, 0.3) is 0 Å². The predicted molar refractivity (Wildman–Crippen MR) is 168 cm³/mol. The SMILES string of the molecule is CC(C)c1ccccc1N1/C(=N/C(=O)NCC(F)c2ccc(-c3ncn(-c4ccc(OC(F)(F)F)cc4)n3)cc2)SCCC1C. The zero-order valence-electron chi connectivity index (χ0n) is 24.8. The van der Waals surface area contributed by atoms with Crippen molar-refractivity contribution >= 4 is 28.6 Å². The summed E-state index contributed by atoms with van der Waals surface area (Å²) < 4.78 is 57.6. The van der Waals surface area contributed by atoms with E-state index in [0.717, 1.165) is 17.9 Å². The molecule has 0 spiro atoms. The molecule has 0 saturated carbocycles. The molecule has 2 atom stereocenters. The molecule has 2 amide bonds. The van der Waals surface area contributed by atoms with Gasteiger partial charge in [0.1, 0.15) is 18.2 Å². The van der Waals surface area contributed by atoms with Crippen molar-refractivity contribution in [2.24, 2.45) is 4.99 Å². The molecule has 5 rings (SSSR count). The van der Waals surface area contributed by atoms with Crippen LogP contribution in [0.2, 0.25) is 0 Å². The number of amidine groups is 1. The number of nitrogens with one attached hydrogen (secondary N) is 1. The lowest BCUT2D eigenvalue weighted by Crippen LogP contribution is -2.42. The molecule has 0 radical (unpaired) electrons. The summed E-state index contributed by atoms with van der Waals surface area (Å²) in [6, 6.07) is 19.4. The van der Waals surface area contributed by atoms with Crippen molar-refractivity contribution < 1.29 is 27.1 Å². The van der Waals surface area contributed by atoms with Crippen LogP contribution in [0.3, 0.4) is 0 Å². The predicted octanol–water partition coefficient (Wildman–Crippen LogP) is 8.06. The van der Waals surface area contributed by atoms with Crippen LogP contribution in [-0.4, -0.2) is 50.7 Å². The molecule has 13 heteroatoms. The highest BCUT2D eigenvalue weighted by Crippen LogP contribution is 2.35. The highest BCUT2D eigenvalue weighted by atomic mass is 32.2. The lowest BCUT2D eigenvalue weighted by Gasteiger charge is -2.37. The number of rotatable bonds is 8. The van der Waals surface area contributed by atoms with Gasteiger partial charge < -0.3 is 15.0 Å². The number of para-hydroxylation sites is 1. The van der Waals surface area contributed by atoms with Crippen LogP contribution in [0.4, 0.5) is 28.0 Å². The molecule has 45 heavy (non-hydrogen) atoms. The molecule has 3 aromatic carbocycles. The molecular weight excluding hydrogens is 608 g/mol. The lowest BCUT2D eigenvalue weighted by molar-refractivity contribution is -0.274. The Hall–Kier alpha value is -4.39. The second-order valence-electron chi connectivity index (χ2n) is 10.8. The molecule has 1 N–H and O–H groups in total. The number of carbonyl (C=O) groups excluding carboxylic acids is 1. The van der Waals surface area contributed by atoms with Crippen LogP contribution in [0, 0.1) is 0 Å². The van der Waals surface area contributed by atoms with Gasteiger partial charge in [-0.3, -0.25) is 0 Å². The van der Waals surface area contributed by atoms with Crippen molar-refractivity contribution in [3.63, 3.8) is 0 Å². The van der Waals surface area contributed by atoms with Gasteiger partial charge in [0, 0.05) is 23.0 Å². The number of urea groups is 1. The van der Waals surface area contributed by atoms with Gasteiger partial charge in [-0.25, -0.2) is 18.9 Å². The first-order chi connectivity index (χ1) is 21.5. The van der Waals surface area contributed by atoms with Gasteiger partial charge in [-0.2, -0.15) is 4.99 Å². The van der Waals surface area contributed by atoms with Gasteiger partial charge in [-0.05, 0) is 60.7 Å². The summed E-state index contributed by atoms with van der Waals surface area (Å²) in [5.41, 5.74) is 3.65. The maximum Gasteiger partial charge on any atom is 0.573 e. The molecule has 1 fully saturated rings. The largest absolute Gasteiger partial charge is 0.573 e. The Balaban J connectivity index is 1.20. The Morgan fingerprint density at radius 2 is 1.80 bits per heavy atom. The minimum Gasteiger partial charge on any atom is -0.406 e. The number of benzene rings is 3. The number of halogens is 4. The zero-order chi connectivity index (χ0) is 32.1. The number of thioether (sulfide) groups is 1. The van der Waals surface area contributed by atoms with Crippen molar-refractivity contribution in [2.45, 2.75) is 51.7 Å². The van der Waals surface area contributed by atoms with Crippen molar-refractivity contribution in [2.75, 3.05) is 17.2 Å². The number of hydrogen-bond acceptors (Lipinski definition) is 5. The first-order valence-corrected chi connectivity index (χ1v) is 15.4. The minimum absolute atomic E-state index is 0.157. The van der Waals surface area contributed by atoms with E-state index >= 15 is 4.39 Å². The number of aliphatic imine (C=N–C) groups is 1. The van der Waals surface area contributed by atoms with Gasteiger partial charge in [0.15, 0.2) is 11.0 Å². The molecule has 1 aliphatic heterocycles. The lowest BCUT2D eigenvalue weighted by atomic mass is 9.99. The Labute approximate surface area is 262 Å². The van der Waals surface area contributed by atoms with Crippen LogP contribution in [0.1, 0.15) is 50.4 Å². The summed E-state index contributed by atoms with van der Waals surface area (Å²) in [7, 11) is 0. The number of ether oxygens (including phenoxy) is 1. The number of amides is 2. The molecule has 1 aromatic heterocycles. The van der Waals surface area contributed by atoms with Crippen LogP contribution in [0.25, 0.3) is 17.1 Å². The van der Waals surface area contributed by atoms with Gasteiger partial charge in [-0.1, -0.05) is 68.1 Å². The van der Waals surface area contributed by atoms with E-state index < -0.39 is 18.6 Å². The number of nitrogens with zero attached hydrogens (tertiary/aromatic N) is 5. The summed E-state index contributed by atoms with van der Waals surface area (Å²) in [6.45, 7) is 6.12. The molecule has 0 aliphatic carbocycles. The third kappa shape index (κ3) is 8.01. The number of anilines is 1. The Morgan fingerprint density at radius 3 is 2.49 bits per heavy atom. The molecule has 1 saturated heterocycles. The first kappa shape index (κ1) is 32.0. The van der Waals surface area contributed by atoms with E-state index in [1.165, 1.54) is 52.6 Å². The van der Waals surface area contributed by atoms with E-state index in [2.05, 4.69) is 56.9 Å². The summed E-state index contributed by atoms with van der Waals surface area (Å²) in [5, 5.41) is 7.55. The Bertz CT molecular complexity index is 1640. The fraction of sp³-hybridized carbons (Fsp3) is 0.312. The van der Waals surface area contributed by atoms with Crippen molar-refractivity contribution in [3.8, 4) is 22.8 Å². The average Bonchev–Trinajstić information content (AvgIpc) is 3.50. The molecule has 236 valence electrons. The second-order valence-corrected chi connectivity index (χ2v) is 11.9. The van der Waals surface area contributed by atoms with Gasteiger partial charge in [0.05, 0.1) is 12.2 Å². The molecule has 2 unspecified atom stereocenters. The summed E-state index contributed by atoms with van der Waals surface area (Å²) in [6.07, 6.45) is -3.88. The highest BCUT2D eigenvalue weighted by Gasteiger charge is 2.31. The Kier molecular flexibility index (Phi) is 9.76. The minimum atomic E-state index is -4.78. The normalized spacial score (nSPS) is 17.0. The van der Waals surface area contributed by atoms with Crippen molar-refractivity contribution in [1.82, 2.24) is 20.1 Å². The molecular formula is C32H32F4N6O2S. The van der Waals surface area contributed by atoms with Crippen LogP contribution >= 0.6 is 11.8 Å². The Morgan fingerprint density at radius 1 is 1.09 bits per heavy atom. The number of alkyl halides is 4. The van der Waals surface area contributed by atoms with Gasteiger partial charge in [0.2, 0.25) is 0 Å². The van der Waals surface area contributed by atoms with Crippen LogP contribution in [-0.2, 0) is 0 Å². The fourth-order valence-corrected chi connectivity index (χ4v) is 6.12. The van der Waals surface area contributed by atoms with Crippen molar-refractivity contribution in [1.29, 1.82) is 0 Å². The third-order valence-electron chi connectivity index (χ3n) is 7.22. The molecule has 2 heterocycles. The third-order valence-corrected chi connectivity index (χ3v) is 8.20. The molecule has 1 aliphatic rings. The van der Waals surface area contributed by atoms with Gasteiger partial charge in [-0.15, -0.1) is 18.3 Å². The van der Waals surface area contributed by atoms with E-state index in [9.17, 15) is 18.0 Å². The monoisotopic (exact) mass is 640 g/mol. The summed E-state index contributed by atoms with van der Waals surface area (Å²) in [4.78, 5) is 23.5. The summed E-state index contributed by atoms with van der Waals surface area (Å²) >= 11 is 1.51. The number of hydrogen-bond donors (Lipinski definition) is 1. The quantitative estimate of drug-likeness (QED) is 0.196. The van der Waals surface area contributed by atoms with Gasteiger partial charge >= 0.3 is 12.4 Å². The van der Waals surface area contributed by atoms with Crippen molar-refractivity contribution in [3.05, 3.63) is 90.3 Å².